The van der Waals surface area contributed by atoms with Crippen molar-refractivity contribution in [3.8, 4) is 0 Å². The Morgan fingerprint density at radius 2 is 1.90 bits per heavy atom. The van der Waals surface area contributed by atoms with E-state index >= 15 is 0 Å². The van der Waals surface area contributed by atoms with E-state index in [1.807, 2.05) is 13.8 Å². The lowest BCUT2D eigenvalue weighted by atomic mass is 10.1. The van der Waals surface area contributed by atoms with Crippen LogP contribution >= 0.6 is 11.6 Å². The number of benzene rings is 1. The molecule has 114 valence electrons. The molecular formula is C15H19ClN2O3. The van der Waals surface area contributed by atoms with Crippen molar-refractivity contribution in [1.82, 2.24) is 10.6 Å². The van der Waals surface area contributed by atoms with Gasteiger partial charge in [0.2, 0.25) is 0 Å². The molecule has 0 radical (unpaired) electrons. The number of rotatable bonds is 6. The summed E-state index contributed by atoms with van der Waals surface area (Å²) in [5, 5.41) is 5.71. The van der Waals surface area contributed by atoms with Crippen LogP contribution in [0, 0.1) is 0 Å². The number of esters is 1. The summed E-state index contributed by atoms with van der Waals surface area (Å²) >= 11 is 5.52. The Hall–Kier alpha value is -2.01. The molecule has 0 bridgehead atoms. The first-order valence-corrected chi connectivity index (χ1v) is 6.90. The summed E-state index contributed by atoms with van der Waals surface area (Å²) in [6.07, 6.45) is 0. The smallest absolute Gasteiger partial charge is 0.338 e. The first-order chi connectivity index (χ1) is 9.88. The minimum absolute atomic E-state index is 0.0148. The van der Waals surface area contributed by atoms with E-state index in [1.54, 1.807) is 24.3 Å². The van der Waals surface area contributed by atoms with Crippen molar-refractivity contribution in [3.63, 3.8) is 0 Å². The van der Waals surface area contributed by atoms with Gasteiger partial charge in [-0.25, -0.2) is 9.59 Å². The average molecular weight is 311 g/mol. The quantitative estimate of drug-likeness (QED) is 0.794. The molecule has 2 N–H and O–H groups in total. The predicted octanol–water partition coefficient (Wildman–Crippen LogP) is 2.80. The minimum Gasteiger partial charge on any atom is -0.456 e. The summed E-state index contributed by atoms with van der Waals surface area (Å²) in [7, 11) is 0. The second-order valence-corrected chi connectivity index (χ2v) is 5.31. The number of hydrogen-bond donors (Lipinski definition) is 2. The van der Waals surface area contributed by atoms with Gasteiger partial charge in [0, 0.05) is 17.6 Å². The van der Waals surface area contributed by atoms with Gasteiger partial charge < -0.3 is 15.4 Å². The summed E-state index contributed by atoms with van der Waals surface area (Å²) in [5.41, 5.74) is 1.30. The fourth-order valence-electron chi connectivity index (χ4n) is 1.48. The lowest BCUT2D eigenvalue weighted by molar-refractivity contribution is 0.0546. The second kappa shape index (κ2) is 8.32. The van der Waals surface area contributed by atoms with E-state index in [-0.39, 0.29) is 23.7 Å². The molecule has 0 atom stereocenters. The largest absolute Gasteiger partial charge is 0.456 e. The van der Waals surface area contributed by atoms with Crippen LogP contribution in [-0.2, 0) is 11.3 Å². The van der Waals surface area contributed by atoms with E-state index in [1.165, 1.54) is 0 Å². The number of hydrogen-bond acceptors (Lipinski definition) is 3. The topological polar surface area (TPSA) is 67.4 Å². The third-order valence-corrected chi connectivity index (χ3v) is 2.53. The second-order valence-electron chi connectivity index (χ2n) is 4.77. The van der Waals surface area contributed by atoms with Crippen molar-refractivity contribution in [2.45, 2.75) is 26.4 Å². The van der Waals surface area contributed by atoms with Crippen LogP contribution in [0.5, 0.6) is 0 Å². The summed E-state index contributed by atoms with van der Waals surface area (Å²) in [6.45, 7) is 7.57. The van der Waals surface area contributed by atoms with Crippen LogP contribution in [-0.4, -0.2) is 24.6 Å². The Balaban J connectivity index is 2.48. The Labute approximate surface area is 129 Å². The van der Waals surface area contributed by atoms with Crippen LogP contribution in [0.4, 0.5) is 4.79 Å². The average Bonchev–Trinajstić information content (AvgIpc) is 2.42. The standard InChI is InChI=1S/C15H19ClN2O3/c1-10(2)18-15(20)17-8-12-4-6-13(7-5-12)14(19)21-9-11(3)16/h4-7,10H,3,8-9H2,1-2H3,(H2,17,18,20). The third kappa shape index (κ3) is 6.81. The van der Waals surface area contributed by atoms with Gasteiger partial charge in [0.25, 0.3) is 0 Å². The lowest BCUT2D eigenvalue weighted by Crippen LogP contribution is -2.39. The number of ether oxygens (including phenoxy) is 1. The molecule has 0 saturated carbocycles. The normalized spacial score (nSPS) is 10.1. The maximum atomic E-state index is 11.6. The third-order valence-electron chi connectivity index (χ3n) is 2.42. The van der Waals surface area contributed by atoms with Gasteiger partial charge in [-0.05, 0) is 31.5 Å². The Morgan fingerprint density at radius 1 is 1.29 bits per heavy atom. The van der Waals surface area contributed by atoms with E-state index in [4.69, 9.17) is 16.3 Å². The molecule has 0 aliphatic rings. The first kappa shape index (κ1) is 17.0. The molecule has 1 rings (SSSR count). The maximum absolute atomic E-state index is 11.6. The summed E-state index contributed by atoms with van der Waals surface area (Å²) in [6, 6.07) is 6.63. The van der Waals surface area contributed by atoms with Crippen molar-refractivity contribution in [2.75, 3.05) is 6.61 Å². The van der Waals surface area contributed by atoms with Crippen molar-refractivity contribution in [3.05, 3.63) is 47.0 Å². The SMILES string of the molecule is C=C(Cl)COC(=O)c1ccc(CNC(=O)NC(C)C)cc1. The van der Waals surface area contributed by atoms with E-state index in [0.717, 1.165) is 5.56 Å². The monoisotopic (exact) mass is 310 g/mol. The van der Waals surface area contributed by atoms with E-state index in [0.29, 0.717) is 12.1 Å². The van der Waals surface area contributed by atoms with Gasteiger partial charge in [0.05, 0.1) is 5.56 Å². The Morgan fingerprint density at radius 3 is 2.43 bits per heavy atom. The number of urea groups is 1. The molecule has 0 heterocycles. The highest BCUT2D eigenvalue weighted by molar-refractivity contribution is 6.29. The molecule has 2 amide bonds. The Bertz CT molecular complexity index is 512. The van der Waals surface area contributed by atoms with Crippen LogP contribution in [0.2, 0.25) is 0 Å². The number of carbonyl (C=O) groups excluding carboxylic acids is 2. The number of carbonyl (C=O) groups is 2. The highest BCUT2D eigenvalue weighted by Gasteiger charge is 2.07. The highest BCUT2D eigenvalue weighted by atomic mass is 35.5. The highest BCUT2D eigenvalue weighted by Crippen LogP contribution is 2.07. The molecule has 0 aromatic heterocycles. The van der Waals surface area contributed by atoms with E-state index in [9.17, 15) is 9.59 Å². The zero-order valence-electron chi connectivity index (χ0n) is 12.1. The van der Waals surface area contributed by atoms with E-state index in [2.05, 4.69) is 17.2 Å². The summed E-state index contributed by atoms with van der Waals surface area (Å²) < 4.78 is 4.92. The summed E-state index contributed by atoms with van der Waals surface area (Å²) in [5.74, 6) is -0.464. The molecule has 0 aliphatic heterocycles. The fourth-order valence-corrected chi connectivity index (χ4v) is 1.54. The molecular weight excluding hydrogens is 292 g/mol. The summed E-state index contributed by atoms with van der Waals surface area (Å²) in [4.78, 5) is 23.1. The van der Waals surface area contributed by atoms with Gasteiger partial charge in [-0.15, -0.1) is 0 Å². The van der Waals surface area contributed by atoms with Gasteiger partial charge in [0.15, 0.2) is 0 Å². The maximum Gasteiger partial charge on any atom is 0.338 e. The first-order valence-electron chi connectivity index (χ1n) is 6.52. The van der Waals surface area contributed by atoms with Gasteiger partial charge in [-0.3, -0.25) is 0 Å². The van der Waals surface area contributed by atoms with Crippen LogP contribution in [0.25, 0.3) is 0 Å². The van der Waals surface area contributed by atoms with E-state index < -0.39 is 5.97 Å². The molecule has 0 aliphatic carbocycles. The van der Waals surface area contributed by atoms with Gasteiger partial charge in [-0.2, -0.15) is 0 Å². The number of amides is 2. The zero-order valence-corrected chi connectivity index (χ0v) is 12.9. The molecule has 1 aromatic rings. The number of halogens is 1. The van der Waals surface area contributed by atoms with Crippen LogP contribution in [0.3, 0.4) is 0 Å². The van der Waals surface area contributed by atoms with Crippen molar-refractivity contribution < 1.29 is 14.3 Å². The van der Waals surface area contributed by atoms with Gasteiger partial charge in [-0.1, -0.05) is 30.3 Å². The molecule has 1 aromatic carbocycles. The Kier molecular flexibility index (Phi) is 6.75. The molecule has 0 spiro atoms. The number of nitrogens with one attached hydrogen (secondary N) is 2. The van der Waals surface area contributed by atoms with Crippen molar-refractivity contribution >= 4 is 23.6 Å². The minimum atomic E-state index is -0.464. The van der Waals surface area contributed by atoms with Crippen LogP contribution in [0.15, 0.2) is 35.9 Å². The molecule has 21 heavy (non-hydrogen) atoms. The van der Waals surface area contributed by atoms with Gasteiger partial charge >= 0.3 is 12.0 Å². The van der Waals surface area contributed by atoms with Crippen LogP contribution in [0.1, 0.15) is 29.8 Å². The molecule has 6 heteroatoms. The zero-order chi connectivity index (χ0) is 15.8. The van der Waals surface area contributed by atoms with Crippen molar-refractivity contribution in [1.29, 1.82) is 0 Å². The van der Waals surface area contributed by atoms with Crippen molar-refractivity contribution in [2.24, 2.45) is 0 Å². The molecule has 0 saturated heterocycles. The predicted molar refractivity (Wildman–Crippen MR) is 82.2 cm³/mol. The lowest BCUT2D eigenvalue weighted by Gasteiger charge is -2.10. The molecule has 0 fully saturated rings. The molecule has 5 nitrogen and oxygen atoms in total. The van der Waals surface area contributed by atoms with Gasteiger partial charge in [0.1, 0.15) is 6.61 Å². The fraction of sp³-hybridized carbons (Fsp3) is 0.333. The molecule has 0 unspecified atom stereocenters. The van der Waals surface area contributed by atoms with Crippen LogP contribution < -0.4 is 10.6 Å².